The summed E-state index contributed by atoms with van der Waals surface area (Å²) in [4.78, 5) is 2.39. The number of nitrogens with zero attached hydrogens (tertiary/aromatic N) is 2. The average molecular weight is 414 g/mol. The van der Waals surface area contributed by atoms with Crippen molar-refractivity contribution in [3.63, 3.8) is 0 Å². The molecule has 5 heteroatoms. The lowest BCUT2D eigenvalue weighted by Crippen LogP contribution is -2.66. The van der Waals surface area contributed by atoms with E-state index >= 15 is 0 Å². The molecule has 2 heterocycles. The topological polar surface area (TPSA) is 40.6 Å². The van der Waals surface area contributed by atoms with Gasteiger partial charge in [0.2, 0.25) is 0 Å². The summed E-state index contributed by atoms with van der Waals surface area (Å²) in [5.41, 5.74) is 1.93. The van der Waals surface area contributed by atoms with Crippen LogP contribution < -0.4 is 4.31 Å². The molecule has 156 valence electrons. The fourth-order valence-corrected chi connectivity index (χ4v) is 6.74. The smallest absolute Gasteiger partial charge is 0.265 e. The van der Waals surface area contributed by atoms with Gasteiger partial charge in [0.25, 0.3) is 10.0 Å². The van der Waals surface area contributed by atoms with Crippen molar-refractivity contribution in [3.8, 4) is 0 Å². The van der Waals surface area contributed by atoms with Crippen LogP contribution in [0.4, 0.5) is 5.69 Å². The van der Waals surface area contributed by atoms with Gasteiger partial charge in [-0.3, -0.25) is 4.90 Å². The van der Waals surface area contributed by atoms with Crippen LogP contribution in [0.3, 0.4) is 0 Å². The van der Waals surface area contributed by atoms with Gasteiger partial charge in [0.1, 0.15) is 6.14 Å². The van der Waals surface area contributed by atoms with E-state index in [-0.39, 0.29) is 16.0 Å². The van der Waals surface area contributed by atoms with E-state index in [1.807, 2.05) is 43.3 Å². The molecule has 1 saturated heterocycles. The van der Waals surface area contributed by atoms with Gasteiger partial charge in [-0.05, 0) is 77.6 Å². The van der Waals surface area contributed by atoms with Crippen molar-refractivity contribution in [2.75, 3.05) is 4.31 Å². The predicted molar refractivity (Wildman–Crippen MR) is 119 cm³/mol. The number of hydrogen-bond donors (Lipinski definition) is 0. The maximum Gasteiger partial charge on any atom is 0.265 e. The summed E-state index contributed by atoms with van der Waals surface area (Å²) >= 11 is 0. The Hall–Kier alpha value is -1.85. The van der Waals surface area contributed by atoms with E-state index in [4.69, 9.17) is 0 Å². The van der Waals surface area contributed by atoms with E-state index in [2.05, 4.69) is 32.6 Å². The number of aryl methyl sites for hydroxylation is 1. The Morgan fingerprint density at radius 3 is 2.17 bits per heavy atom. The van der Waals surface area contributed by atoms with Crippen molar-refractivity contribution < 1.29 is 9.79 Å². The third-order valence-corrected chi connectivity index (χ3v) is 8.15. The van der Waals surface area contributed by atoms with Crippen LogP contribution >= 0.6 is 0 Å². The zero-order valence-corrected chi connectivity index (χ0v) is 18.9. The molecule has 0 radical (unpaired) electrons. The second-order valence-electron chi connectivity index (χ2n) is 9.62. The molecule has 2 aliphatic rings. The van der Waals surface area contributed by atoms with Gasteiger partial charge >= 0.3 is 0 Å². The van der Waals surface area contributed by atoms with Crippen LogP contribution in [0, 0.1) is 6.92 Å². The quantitative estimate of drug-likeness (QED) is 0.702. The third-order valence-electron chi connectivity index (χ3n) is 6.40. The van der Waals surface area contributed by atoms with E-state index in [1.54, 1.807) is 12.1 Å². The number of para-hydroxylation sites is 1. The molecule has 1 unspecified atom stereocenters. The Balaban J connectivity index is 1.94. The lowest BCUT2D eigenvalue weighted by atomic mass is 9.79. The molecule has 2 aromatic carbocycles. The molecule has 0 spiro atoms. The van der Waals surface area contributed by atoms with Crippen molar-refractivity contribution in [2.45, 2.75) is 82.4 Å². The fourth-order valence-electron chi connectivity index (χ4n) is 5.19. The van der Waals surface area contributed by atoms with Crippen LogP contribution in [0.2, 0.25) is 0 Å². The molecule has 0 amide bonds. The summed E-state index contributed by atoms with van der Waals surface area (Å²) in [6.07, 6.45) is 1.86. The van der Waals surface area contributed by atoms with Gasteiger partial charge in [-0.15, -0.1) is 0 Å². The van der Waals surface area contributed by atoms with E-state index in [0.29, 0.717) is 12.1 Å². The van der Waals surface area contributed by atoms with Crippen LogP contribution in [-0.4, -0.2) is 30.5 Å². The highest BCUT2D eigenvalue weighted by Crippen LogP contribution is 2.46. The van der Waals surface area contributed by atoms with Crippen LogP contribution in [0.15, 0.2) is 53.4 Å². The average Bonchev–Trinajstić information content (AvgIpc) is 2.92. The first-order valence-electron chi connectivity index (χ1n) is 10.9. The first kappa shape index (κ1) is 19.1. The number of rotatable bonds is 3. The summed E-state index contributed by atoms with van der Waals surface area (Å²) in [6.45, 7) is 10.5. The predicted octanol–water partition coefficient (Wildman–Crippen LogP) is 5.12. The number of hydrogen-bond acceptors (Lipinski definition) is 3. The molecular weight excluding hydrogens is 380 g/mol. The van der Waals surface area contributed by atoms with Gasteiger partial charge in [-0.2, -0.15) is 0 Å². The monoisotopic (exact) mass is 413 g/mol. The molecule has 0 N–H and O–H groups in total. The number of fused-ring (bicyclic) bond motifs is 1. The van der Waals surface area contributed by atoms with Crippen LogP contribution in [0.5, 0.6) is 0 Å². The van der Waals surface area contributed by atoms with E-state index < -0.39 is 16.2 Å². The van der Waals surface area contributed by atoms with Crippen molar-refractivity contribution in [3.05, 3.63) is 59.7 Å². The van der Waals surface area contributed by atoms with Crippen LogP contribution in [0.1, 0.15) is 59.5 Å². The molecule has 1 fully saturated rings. The molecule has 4 rings (SSSR count). The minimum absolute atomic E-state index is 0.231. The molecule has 2 aliphatic heterocycles. The van der Waals surface area contributed by atoms with Crippen molar-refractivity contribution >= 4 is 15.7 Å². The molecule has 0 aromatic heterocycles. The number of benzene rings is 2. The Bertz CT molecular complexity index is 1050. The summed E-state index contributed by atoms with van der Waals surface area (Å²) < 4.78 is 39.1. The van der Waals surface area contributed by atoms with Gasteiger partial charge in [-0.25, -0.2) is 12.7 Å². The van der Waals surface area contributed by atoms with Gasteiger partial charge < -0.3 is 0 Å². The standard InChI is InChI=1S/C24H32N2O2S/c1-18-11-13-20(14-12-18)29(27,28)25-21-10-7-6-9-19(21)17-22(25)26-23(2,3)15-8-16-24(26,4)5/h6-7,9-14,22H,8,15-17H2,1-5H3/i22D. The van der Waals surface area contributed by atoms with Crippen molar-refractivity contribution in [1.29, 1.82) is 0 Å². The molecule has 0 aliphatic carbocycles. The van der Waals surface area contributed by atoms with E-state index in [0.717, 1.165) is 30.4 Å². The first-order valence-corrected chi connectivity index (χ1v) is 11.8. The maximum absolute atomic E-state index is 14.0. The summed E-state index contributed by atoms with van der Waals surface area (Å²) in [7, 11) is -3.92. The maximum atomic E-state index is 14.0. The molecule has 2 aromatic rings. The van der Waals surface area contributed by atoms with Gasteiger partial charge in [0, 0.05) is 17.5 Å². The molecule has 0 bridgehead atoms. The van der Waals surface area contributed by atoms with Crippen LogP contribution in [0.25, 0.3) is 0 Å². The Morgan fingerprint density at radius 2 is 1.55 bits per heavy atom. The fraction of sp³-hybridized carbons (Fsp3) is 0.500. The molecule has 4 nitrogen and oxygen atoms in total. The highest BCUT2D eigenvalue weighted by Gasteiger charge is 2.51. The second-order valence-corrected chi connectivity index (χ2v) is 11.4. The molecule has 0 saturated carbocycles. The Kier molecular flexibility index (Phi) is 4.52. The first-order chi connectivity index (χ1) is 13.9. The molecule has 29 heavy (non-hydrogen) atoms. The highest BCUT2D eigenvalue weighted by atomic mass is 32.2. The van der Waals surface area contributed by atoms with E-state index in [9.17, 15) is 9.79 Å². The minimum Gasteiger partial charge on any atom is -0.272 e. The summed E-state index contributed by atoms with van der Waals surface area (Å²) in [6, 6.07) is 14.5. The minimum atomic E-state index is -3.92. The van der Waals surface area contributed by atoms with Crippen LogP contribution in [-0.2, 0) is 16.4 Å². The third kappa shape index (κ3) is 3.38. The number of sulfonamides is 1. The lowest BCUT2D eigenvalue weighted by Gasteiger charge is -2.57. The van der Waals surface area contributed by atoms with Crippen molar-refractivity contribution in [2.24, 2.45) is 0 Å². The second kappa shape index (κ2) is 6.85. The molecular formula is C24H32N2O2S. The van der Waals surface area contributed by atoms with Gasteiger partial charge in [0.15, 0.2) is 0 Å². The summed E-state index contributed by atoms with van der Waals surface area (Å²) in [5, 5.41) is 0. The number of piperidine rings is 1. The Labute approximate surface area is 177 Å². The SMILES string of the molecule is [2H]C1(N2C(C)(C)CCCC2(C)C)Cc2ccccc2N1S(=O)(=O)c1ccc(C)cc1. The zero-order chi connectivity index (χ0) is 21.9. The normalized spacial score (nSPS) is 26.8. The number of anilines is 1. The number of likely N-dealkylation sites (tertiary alicyclic amines) is 1. The van der Waals surface area contributed by atoms with Gasteiger partial charge in [-0.1, -0.05) is 35.9 Å². The molecule has 1 atom stereocenters. The largest absolute Gasteiger partial charge is 0.272 e. The lowest BCUT2D eigenvalue weighted by molar-refractivity contribution is -0.0554. The van der Waals surface area contributed by atoms with E-state index in [1.165, 1.54) is 4.31 Å². The zero-order valence-electron chi connectivity index (χ0n) is 19.1. The van der Waals surface area contributed by atoms with Crippen molar-refractivity contribution in [1.82, 2.24) is 4.90 Å². The summed E-state index contributed by atoms with van der Waals surface area (Å²) in [5.74, 6) is 0. The Morgan fingerprint density at radius 1 is 0.966 bits per heavy atom. The highest BCUT2D eigenvalue weighted by molar-refractivity contribution is 7.92. The van der Waals surface area contributed by atoms with Gasteiger partial charge in [0.05, 0.1) is 12.0 Å².